The first-order valence-corrected chi connectivity index (χ1v) is 6.27. The Hall–Kier alpha value is -2.15. The van der Waals surface area contributed by atoms with Crippen molar-refractivity contribution in [1.82, 2.24) is 4.90 Å². The average Bonchev–Trinajstić information content (AvgIpc) is 2.87. The number of carboxylic acids is 1. The van der Waals surface area contributed by atoms with Gasteiger partial charge in [-0.15, -0.1) is 0 Å². The molecule has 0 radical (unpaired) electrons. The van der Waals surface area contributed by atoms with Gasteiger partial charge in [0.1, 0.15) is 6.04 Å². The maximum Gasteiger partial charge on any atom is 0.326 e. The summed E-state index contributed by atoms with van der Waals surface area (Å²) < 4.78 is 0. The fourth-order valence-electron chi connectivity index (χ4n) is 2.21. The predicted molar refractivity (Wildman–Crippen MR) is 69.8 cm³/mol. The fraction of sp³-hybridized carbons (Fsp3) is 0.333. The van der Waals surface area contributed by atoms with Crippen LogP contribution in [0.4, 0.5) is 5.69 Å². The Balaban J connectivity index is 2.35. The van der Waals surface area contributed by atoms with E-state index in [1.807, 2.05) is 0 Å². The second-order valence-corrected chi connectivity index (χ2v) is 4.82. The van der Waals surface area contributed by atoms with Gasteiger partial charge in [-0.25, -0.2) is 4.79 Å². The molecule has 8 heteroatoms. The van der Waals surface area contributed by atoms with E-state index in [9.17, 15) is 19.7 Å². The Labute approximate surface area is 118 Å². The number of nitro groups is 1. The minimum atomic E-state index is -1.09. The van der Waals surface area contributed by atoms with Gasteiger partial charge < -0.3 is 10.0 Å². The molecule has 20 heavy (non-hydrogen) atoms. The zero-order chi connectivity index (χ0) is 14.9. The number of likely N-dealkylation sites (tertiary alicyclic amines) is 1. The molecular formula is C12H11ClN2O5. The summed E-state index contributed by atoms with van der Waals surface area (Å²) >= 11 is 5.88. The van der Waals surface area contributed by atoms with Gasteiger partial charge in [0.05, 0.1) is 15.5 Å². The minimum Gasteiger partial charge on any atom is -0.480 e. The van der Waals surface area contributed by atoms with Gasteiger partial charge >= 0.3 is 5.97 Å². The van der Waals surface area contributed by atoms with Crippen molar-refractivity contribution in [2.45, 2.75) is 18.9 Å². The first-order valence-electron chi connectivity index (χ1n) is 5.89. The number of benzene rings is 1. The third-order valence-corrected chi connectivity index (χ3v) is 3.52. The molecule has 1 unspecified atom stereocenters. The molecule has 1 saturated heterocycles. The first-order chi connectivity index (χ1) is 9.41. The lowest BCUT2D eigenvalue weighted by Gasteiger charge is -2.21. The zero-order valence-corrected chi connectivity index (χ0v) is 11.0. The van der Waals surface area contributed by atoms with E-state index in [0.717, 1.165) is 6.07 Å². The number of rotatable bonds is 3. The molecule has 0 saturated carbocycles. The van der Waals surface area contributed by atoms with Crippen molar-refractivity contribution in [2.24, 2.45) is 0 Å². The number of nitro benzene ring substituents is 1. The van der Waals surface area contributed by atoms with Crippen LogP contribution in [-0.4, -0.2) is 39.4 Å². The van der Waals surface area contributed by atoms with E-state index >= 15 is 0 Å². The van der Waals surface area contributed by atoms with Crippen molar-refractivity contribution in [3.63, 3.8) is 0 Å². The highest BCUT2D eigenvalue weighted by molar-refractivity contribution is 6.34. The summed E-state index contributed by atoms with van der Waals surface area (Å²) in [5.74, 6) is -1.68. The summed E-state index contributed by atoms with van der Waals surface area (Å²) in [6.45, 7) is 0.300. The average molecular weight is 299 g/mol. The Kier molecular flexibility index (Phi) is 3.89. The zero-order valence-electron chi connectivity index (χ0n) is 10.3. The van der Waals surface area contributed by atoms with Crippen LogP contribution in [-0.2, 0) is 4.79 Å². The molecule has 7 nitrogen and oxygen atoms in total. The molecule has 1 aromatic rings. The van der Waals surface area contributed by atoms with Gasteiger partial charge in [0.15, 0.2) is 0 Å². The summed E-state index contributed by atoms with van der Waals surface area (Å²) in [5, 5.41) is 19.8. The van der Waals surface area contributed by atoms with Gasteiger partial charge in [-0.05, 0) is 18.9 Å². The smallest absolute Gasteiger partial charge is 0.326 e. The van der Waals surface area contributed by atoms with E-state index in [-0.39, 0.29) is 16.3 Å². The van der Waals surface area contributed by atoms with Gasteiger partial charge in [-0.2, -0.15) is 0 Å². The van der Waals surface area contributed by atoms with Crippen LogP contribution in [0.3, 0.4) is 0 Å². The van der Waals surface area contributed by atoms with Crippen LogP contribution in [0.2, 0.25) is 5.02 Å². The lowest BCUT2D eigenvalue weighted by molar-refractivity contribution is -0.384. The SMILES string of the molecule is O=C(O)C1CCCN1C(=O)c1cc([N+](=O)[O-])ccc1Cl. The Morgan fingerprint density at radius 2 is 2.15 bits per heavy atom. The number of nitrogens with zero attached hydrogens (tertiary/aromatic N) is 2. The molecule has 1 heterocycles. The van der Waals surface area contributed by atoms with Crippen LogP contribution in [0.5, 0.6) is 0 Å². The summed E-state index contributed by atoms with van der Waals surface area (Å²) in [4.78, 5) is 34.7. The number of hydrogen-bond acceptors (Lipinski definition) is 4. The maximum absolute atomic E-state index is 12.3. The third kappa shape index (κ3) is 2.57. The minimum absolute atomic E-state index is 0.0472. The van der Waals surface area contributed by atoms with Gasteiger partial charge in [-0.1, -0.05) is 11.6 Å². The van der Waals surface area contributed by atoms with Crippen molar-refractivity contribution < 1.29 is 19.6 Å². The largest absolute Gasteiger partial charge is 0.480 e. The summed E-state index contributed by atoms with van der Waals surface area (Å²) in [6, 6.07) is 2.62. The van der Waals surface area contributed by atoms with Crippen molar-refractivity contribution in [1.29, 1.82) is 0 Å². The Bertz CT molecular complexity index is 589. The lowest BCUT2D eigenvalue weighted by atomic mass is 10.1. The monoisotopic (exact) mass is 298 g/mol. The molecule has 0 spiro atoms. The highest BCUT2D eigenvalue weighted by Crippen LogP contribution is 2.27. The molecule has 1 atom stereocenters. The Morgan fingerprint density at radius 1 is 1.45 bits per heavy atom. The molecule has 2 rings (SSSR count). The molecule has 0 aliphatic carbocycles. The third-order valence-electron chi connectivity index (χ3n) is 3.19. The number of halogens is 1. The van der Waals surface area contributed by atoms with Crippen LogP contribution in [0.15, 0.2) is 18.2 Å². The molecule has 1 fully saturated rings. The van der Waals surface area contributed by atoms with Crippen LogP contribution >= 0.6 is 11.6 Å². The second kappa shape index (κ2) is 5.46. The van der Waals surface area contributed by atoms with Crippen LogP contribution in [0.1, 0.15) is 23.2 Å². The number of hydrogen-bond donors (Lipinski definition) is 1. The van der Waals surface area contributed by atoms with Gasteiger partial charge in [0.25, 0.3) is 11.6 Å². The molecule has 1 aliphatic rings. The van der Waals surface area contributed by atoms with Gasteiger partial charge in [-0.3, -0.25) is 14.9 Å². The molecule has 106 valence electrons. The summed E-state index contributed by atoms with van der Waals surface area (Å²) in [7, 11) is 0. The highest BCUT2D eigenvalue weighted by atomic mass is 35.5. The van der Waals surface area contributed by atoms with Crippen molar-refractivity contribution in [3.05, 3.63) is 38.9 Å². The molecule has 1 amide bonds. The topological polar surface area (TPSA) is 101 Å². The number of carbonyl (C=O) groups is 2. The van der Waals surface area contributed by atoms with E-state index in [2.05, 4.69) is 0 Å². The van der Waals surface area contributed by atoms with Crippen molar-refractivity contribution in [2.75, 3.05) is 6.54 Å². The molecule has 1 aliphatic heterocycles. The lowest BCUT2D eigenvalue weighted by Crippen LogP contribution is -2.40. The number of amides is 1. The predicted octanol–water partition coefficient (Wildman–Crippen LogP) is 1.94. The maximum atomic E-state index is 12.3. The first kappa shape index (κ1) is 14.3. The van der Waals surface area contributed by atoms with Crippen molar-refractivity contribution >= 4 is 29.2 Å². The number of aliphatic carboxylic acids is 1. The molecule has 1 N–H and O–H groups in total. The van der Waals surface area contributed by atoms with Crippen LogP contribution < -0.4 is 0 Å². The summed E-state index contributed by atoms with van der Waals surface area (Å²) in [5.41, 5.74) is -0.308. The number of carbonyl (C=O) groups excluding carboxylic acids is 1. The Morgan fingerprint density at radius 3 is 2.75 bits per heavy atom. The van der Waals surface area contributed by atoms with E-state index in [4.69, 9.17) is 16.7 Å². The number of non-ortho nitro benzene ring substituents is 1. The van der Waals surface area contributed by atoms with E-state index in [1.165, 1.54) is 17.0 Å². The normalized spacial score (nSPS) is 18.1. The molecule has 0 aromatic heterocycles. The fourth-order valence-corrected chi connectivity index (χ4v) is 2.41. The standard InChI is InChI=1S/C12H11ClN2O5/c13-9-4-3-7(15(19)20)6-8(9)11(16)14-5-1-2-10(14)12(17)18/h3-4,6,10H,1-2,5H2,(H,17,18). The van der Waals surface area contributed by atoms with E-state index in [0.29, 0.717) is 19.4 Å². The van der Waals surface area contributed by atoms with E-state index in [1.54, 1.807) is 0 Å². The molecule has 0 bridgehead atoms. The number of carboxylic acid groups (broad SMARTS) is 1. The van der Waals surface area contributed by atoms with Crippen LogP contribution in [0.25, 0.3) is 0 Å². The van der Waals surface area contributed by atoms with Gasteiger partial charge in [0, 0.05) is 18.7 Å². The molecule has 1 aromatic carbocycles. The summed E-state index contributed by atoms with van der Waals surface area (Å²) in [6.07, 6.45) is 0.947. The van der Waals surface area contributed by atoms with Gasteiger partial charge in [0.2, 0.25) is 0 Å². The molecular weight excluding hydrogens is 288 g/mol. The van der Waals surface area contributed by atoms with Crippen molar-refractivity contribution in [3.8, 4) is 0 Å². The van der Waals surface area contributed by atoms with Crippen LogP contribution in [0, 0.1) is 10.1 Å². The quantitative estimate of drug-likeness (QED) is 0.679. The second-order valence-electron chi connectivity index (χ2n) is 4.42. The highest BCUT2D eigenvalue weighted by Gasteiger charge is 2.35. The van der Waals surface area contributed by atoms with E-state index < -0.39 is 22.8 Å².